The minimum Gasteiger partial charge on any atom is -0.274 e. The average molecular weight is 338 g/mol. The third kappa shape index (κ3) is 5.18. The second-order valence-corrected chi connectivity index (χ2v) is 5.11. The summed E-state index contributed by atoms with van der Waals surface area (Å²) in [6.45, 7) is 0. The molecule has 0 N–H and O–H groups in total. The van der Waals surface area contributed by atoms with Gasteiger partial charge < -0.3 is 0 Å². The van der Waals surface area contributed by atoms with Crippen LogP contribution in [0.3, 0.4) is 0 Å². The third-order valence-electron chi connectivity index (χ3n) is 2.41. The minimum atomic E-state index is -4.87. The quantitative estimate of drug-likeness (QED) is 0.580. The van der Waals surface area contributed by atoms with Crippen LogP contribution in [0.1, 0.15) is 20.7 Å². The van der Waals surface area contributed by atoms with Gasteiger partial charge in [0.2, 0.25) is 0 Å². The molecule has 23 heavy (non-hydrogen) atoms. The van der Waals surface area contributed by atoms with E-state index in [-0.39, 0.29) is 11.1 Å². The maximum atomic E-state index is 11.5. The number of hydrogen-bond acceptors (Lipinski definition) is 8. The van der Waals surface area contributed by atoms with Gasteiger partial charge in [0.25, 0.3) is 0 Å². The SMILES string of the molecule is O=C(OOS(=O)(=O)OOC(=O)c1ccccc1)c1ccccc1. The number of rotatable bonds is 6. The molecule has 0 heterocycles. The normalized spacial score (nSPS) is 10.8. The Hall–Kier alpha value is -2.75. The summed E-state index contributed by atoms with van der Waals surface area (Å²) in [4.78, 5) is 31.1. The van der Waals surface area contributed by atoms with Gasteiger partial charge in [0.1, 0.15) is 0 Å². The second kappa shape index (κ2) is 7.49. The van der Waals surface area contributed by atoms with Gasteiger partial charge in [-0.3, -0.25) is 9.78 Å². The predicted molar refractivity (Wildman–Crippen MR) is 74.8 cm³/mol. The summed E-state index contributed by atoms with van der Waals surface area (Å²) in [6.07, 6.45) is 0. The fourth-order valence-electron chi connectivity index (χ4n) is 1.40. The van der Waals surface area contributed by atoms with Crippen molar-refractivity contribution in [2.75, 3.05) is 0 Å². The Morgan fingerprint density at radius 2 is 1.00 bits per heavy atom. The summed E-state index contributed by atoms with van der Waals surface area (Å²) in [5.74, 6) is -2.13. The van der Waals surface area contributed by atoms with E-state index in [0.29, 0.717) is 0 Å². The number of carbonyl (C=O) groups excluding carboxylic acids is 2. The van der Waals surface area contributed by atoms with Crippen LogP contribution in [0.4, 0.5) is 0 Å². The van der Waals surface area contributed by atoms with Crippen LogP contribution in [0, 0.1) is 0 Å². The van der Waals surface area contributed by atoms with E-state index in [0.717, 1.165) is 0 Å². The molecule has 0 amide bonds. The highest BCUT2D eigenvalue weighted by Gasteiger charge is 2.22. The van der Waals surface area contributed by atoms with Crippen LogP contribution in [-0.4, -0.2) is 20.4 Å². The molecule has 0 aliphatic heterocycles. The van der Waals surface area contributed by atoms with Crippen molar-refractivity contribution in [3.8, 4) is 0 Å². The van der Waals surface area contributed by atoms with E-state index < -0.39 is 22.3 Å². The van der Waals surface area contributed by atoms with Crippen LogP contribution in [0.25, 0.3) is 0 Å². The number of benzene rings is 2. The zero-order chi connectivity index (χ0) is 16.7. The van der Waals surface area contributed by atoms with Crippen molar-refractivity contribution in [2.24, 2.45) is 0 Å². The van der Waals surface area contributed by atoms with Crippen molar-refractivity contribution in [1.82, 2.24) is 0 Å². The van der Waals surface area contributed by atoms with E-state index in [1.165, 1.54) is 24.3 Å². The summed E-state index contributed by atoms with van der Waals surface area (Å²) < 4.78 is 30.3. The molecule has 0 aromatic heterocycles. The van der Waals surface area contributed by atoms with Crippen LogP contribution in [0.2, 0.25) is 0 Å². The summed E-state index contributed by atoms with van der Waals surface area (Å²) in [5, 5.41) is 0. The molecule has 0 radical (unpaired) electrons. The molecule has 9 heteroatoms. The molecule has 0 saturated carbocycles. The highest BCUT2D eigenvalue weighted by atomic mass is 32.3. The summed E-state index contributed by atoms with van der Waals surface area (Å²) in [6, 6.07) is 15.0. The van der Waals surface area contributed by atoms with E-state index in [1.807, 2.05) is 0 Å². The molecule has 2 rings (SSSR count). The Kier molecular flexibility index (Phi) is 5.41. The molecule has 2 aromatic carbocycles. The van der Waals surface area contributed by atoms with Gasteiger partial charge >= 0.3 is 22.3 Å². The zero-order valence-electron chi connectivity index (χ0n) is 11.4. The molecule has 120 valence electrons. The lowest BCUT2D eigenvalue weighted by Gasteiger charge is -2.04. The average Bonchev–Trinajstić information content (AvgIpc) is 2.59. The van der Waals surface area contributed by atoms with Crippen molar-refractivity contribution >= 4 is 22.3 Å². The molecule has 0 saturated heterocycles. The van der Waals surface area contributed by atoms with Crippen LogP contribution in [0.5, 0.6) is 0 Å². The molecule has 0 aliphatic carbocycles. The Bertz CT molecular complexity index is 709. The topological polar surface area (TPSA) is 105 Å². The Balaban J connectivity index is 1.85. The van der Waals surface area contributed by atoms with E-state index in [1.54, 1.807) is 36.4 Å². The van der Waals surface area contributed by atoms with Gasteiger partial charge in [0.15, 0.2) is 0 Å². The van der Waals surface area contributed by atoms with Crippen molar-refractivity contribution in [3.63, 3.8) is 0 Å². The second-order valence-electron chi connectivity index (χ2n) is 4.02. The zero-order valence-corrected chi connectivity index (χ0v) is 12.3. The Labute approximate surface area is 131 Å². The van der Waals surface area contributed by atoms with Crippen LogP contribution in [0.15, 0.2) is 60.7 Å². The standard InChI is InChI=1S/C14H10O8S/c15-13(11-7-3-1-4-8-11)19-21-23(17,18)22-20-14(16)12-9-5-2-6-10-12/h1-10H. The lowest BCUT2D eigenvalue weighted by Crippen LogP contribution is -2.17. The molecular formula is C14H10O8S. The summed E-state index contributed by atoms with van der Waals surface area (Å²) in [7, 11) is -4.87. The van der Waals surface area contributed by atoms with Crippen LogP contribution >= 0.6 is 0 Å². The van der Waals surface area contributed by atoms with Crippen molar-refractivity contribution in [1.29, 1.82) is 0 Å². The van der Waals surface area contributed by atoms with E-state index in [2.05, 4.69) is 18.4 Å². The highest BCUT2D eigenvalue weighted by molar-refractivity contribution is 7.81. The fraction of sp³-hybridized carbons (Fsp3) is 0. The van der Waals surface area contributed by atoms with Crippen molar-refractivity contribution in [2.45, 2.75) is 0 Å². The number of carbonyl (C=O) groups is 2. The molecule has 0 unspecified atom stereocenters. The molecule has 0 atom stereocenters. The summed E-state index contributed by atoms with van der Waals surface area (Å²) in [5.41, 5.74) is 0.118. The smallest absolute Gasteiger partial charge is 0.274 e. The first-order valence-corrected chi connectivity index (χ1v) is 7.47. The maximum absolute atomic E-state index is 11.5. The van der Waals surface area contributed by atoms with Gasteiger partial charge in [-0.25, -0.2) is 9.59 Å². The van der Waals surface area contributed by atoms with E-state index in [4.69, 9.17) is 0 Å². The fourth-order valence-corrected chi connectivity index (χ4v) is 1.71. The summed E-state index contributed by atoms with van der Waals surface area (Å²) >= 11 is 0. The molecule has 0 fully saturated rings. The first-order valence-electron chi connectivity index (χ1n) is 6.14. The van der Waals surface area contributed by atoms with Gasteiger partial charge in [-0.2, -0.15) is 8.42 Å². The van der Waals surface area contributed by atoms with Gasteiger partial charge in [-0.1, -0.05) is 36.4 Å². The van der Waals surface area contributed by atoms with Gasteiger partial charge in [0.05, 0.1) is 11.1 Å². The molecule has 8 nitrogen and oxygen atoms in total. The van der Waals surface area contributed by atoms with Crippen molar-refractivity contribution < 1.29 is 36.4 Å². The molecule has 0 spiro atoms. The van der Waals surface area contributed by atoms with Gasteiger partial charge in [-0.15, -0.1) is 0 Å². The molecular weight excluding hydrogens is 328 g/mol. The maximum Gasteiger partial charge on any atom is 0.471 e. The van der Waals surface area contributed by atoms with Crippen molar-refractivity contribution in [3.05, 3.63) is 71.8 Å². The first-order chi connectivity index (χ1) is 11.0. The van der Waals surface area contributed by atoms with E-state index in [9.17, 15) is 18.0 Å². The van der Waals surface area contributed by atoms with E-state index >= 15 is 0 Å². The Morgan fingerprint density at radius 3 is 1.35 bits per heavy atom. The minimum absolute atomic E-state index is 0.0592. The lowest BCUT2D eigenvalue weighted by molar-refractivity contribution is -0.202. The molecule has 0 bridgehead atoms. The van der Waals surface area contributed by atoms with Gasteiger partial charge in [0, 0.05) is 0 Å². The number of hydrogen-bond donors (Lipinski definition) is 0. The predicted octanol–water partition coefficient (Wildman–Crippen LogP) is 1.81. The van der Waals surface area contributed by atoms with Crippen LogP contribution in [-0.2, 0) is 28.8 Å². The highest BCUT2D eigenvalue weighted by Crippen LogP contribution is 2.07. The molecule has 0 aliphatic rings. The monoisotopic (exact) mass is 338 g/mol. The molecule has 2 aromatic rings. The lowest BCUT2D eigenvalue weighted by atomic mass is 10.2. The third-order valence-corrected chi connectivity index (χ3v) is 2.87. The first kappa shape index (κ1) is 16.6. The Morgan fingerprint density at radius 1 is 0.652 bits per heavy atom. The van der Waals surface area contributed by atoms with Gasteiger partial charge in [-0.05, 0) is 32.9 Å². The van der Waals surface area contributed by atoms with Crippen LogP contribution < -0.4 is 0 Å². The largest absolute Gasteiger partial charge is 0.471 e.